The molecule has 0 radical (unpaired) electrons. The van der Waals surface area contributed by atoms with Gasteiger partial charge in [0.25, 0.3) is 0 Å². The lowest BCUT2D eigenvalue weighted by Crippen LogP contribution is -2.26. The van der Waals surface area contributed by atoms with Crippen molar-refractivity contribution in [3.63, 3.8) is 0 Å². The Labute approximate surface area is 250 Å². The second kappa shape index (κ2) is 14.2. The average Bonchev–Trinajstić information content (AvgIpc) is 2.93. The minimum absolute atomic E-state index is 0.102. The van der Waals surface area contributed by atoms with Gasteiger partial charge in [-0.15, -0.1) is 23.5 Å². The summed E-state index contributed by atoms with van der Waals surface area (Å²) in [4.78, 5) is 0. The maximum Gasteiger partial charge on any atom is 0.432 e. The van der Waals surface area contributed by atoms with E-state index in [1.54, 1.807) is 0 Å². The Morgan fingerprint density at radius 2 is 1.52 bits per heavy atom. The molecule has 0 amide bonds. The molecule has 3 aromatic carbocycles. The maximum atomic E-state index is 15.0. The van der Waals surface area contributed by atoms with Crippen LogP contribution in [-0.2, 0) is 22.2 Å². The molecule has 1 aliphatic rings. The molecule has 1 aliphatic heterocycles. The van der Waals surface area contributed by atoms with E-state index in [0.29, 0.717) is 36.9 Å². The van der Waals surface area contributed by atoms with Crippen LogP contribution in [0.5, 0.6) is 11.5 Å². The van der Waals surface area contributed by atoms with E-state index in [-0.39, 0.29) is 34.6 Å². The Balaban J connectivity index is 1.39. The van der Waals surface area contributed by atoms with E-state index >= 15 is 0 Å². The third kappa shape index (κ3) is 8.00. The van der Waals surface area contributed by atoms with Crippen molar-refractivity contribution in [2.45, 2.75) is 23.4 Å². The molecule has 1 fully saturated rings. The van der Waals surface area contributed by atoms with E-state index in [9.17, 15) is 30.7 Å². The smallest absolute Gasteiger partial charge is 0.432 e. The minimum Gasteiger partial charge on any atom is -0.499 e. The number of rotatable bonds is 12. The zero-order valence-corrected chi connectivity index (χ0v) is 23.9. The second-order valence-corrected chi connectivity index (χ2v) is 11.7. The molecule has 0 bridgehead atoms. The fourth-order valence-electron chi connectivity index (χ4n) is 3.81. The molecule has 4 nitrogen and oxygen atoms in total. The van der Waals surface area contributed by atoms with Crippen molar-refractivity contribution in [1.82, 2.24) is 0 Å². The number of hydrogen-bond acceptors (Lipinski definition) is 6. The standard InChI is InChI=1S/C28H22ClF7O4S2/c1-2-37-5-6-38-19-13-41-27(42-14-19)16-7-21(30)25(22(31)8-16)28(35,36)40-17-4-3-15(20(29)9-17)12-39-18-10-23(32)26(34)24(33)11-18/h2-4,7-11,19,27H,1,5-6,12-14H2. The topological polar surface area (TPSA) is 36.9 Å². The number of hydrogen-bond donors (Lipinski definition) is 0. The molecule has 0 aliphatic carbocycles. The van der Waals surface area contributed by atoms with Crippen molar-refractivity contribution in [2.75, 3.05) is 24.7 Å². The highest BCUT2D eigenvalue weighted by Crippen LogP contribution is 2.46. The number of alkyl halides is 2. The highest BCUT2D eigenvalue weighted by molar-refractivity contribution is 8.17. The van der Waals surface area contributed by atoms with Gasteiger partial charge in [0.15, 0.2) is 17.5 Å². The molecule has 3 aromatic rings. The third-order valence-corrected chi connectivity index (χ3v) is 9.24. The van der Waals surface area contributed by atoms with Crippen LogP contribution in [0.15, 0.2) is 55.3 Å². The van der Waals surface area contributed by atoms with Crippen LogP contribution < -0.4 is 9.47 Å². The van der Waals surface area contributed by atoms with Gasteiger partial charge in [-0.2, -0.15) is 8.78 Å². The van der Waals surface area contributed by atoms with Gasteiger partial charge >= 0.3 is 6.11 Å². The highest BCUT2D eigenvalue weighted by atomic mass is 35.5. The first-order chi connectivity index (χ1) is 20.0. The van der Waals surface area contributed by atoms with Crippen molar-refractivity contribution in [3.05, 3.63) is 106 Å². The van der Waals surface area contributed by atoms with Gasteiger partial charge in [-0.1, -0.05) is 24.2 Å². The van der Waals surface area contributed by atoms with E-state index in [4.69, 9.17) is 25.8 Å². The lowest BCUT2D eigenvalue weighted by atomic mass is 10.1. The van der Waals surface area contributed by atoms with Crippen LogP contribution in [0.1, 0.15) is 21.3 Å². The van der Waals surface area contributed by atoms with Crippen molar-refractivity contribution in [3.8, 4) is 11.5 Å². The van der Waals surface area contributed by atoms with E-state index in [2.05, 4.69) is 11.3 Å². The molecule has 0 unspecified atom stereocenters. The van der Waals surface area contributed by atoms with Crippen LogP contribution >= 0.6 is 35.1 Å². The van der Waals surface area contributed by atoms with Gasteiger partial charge in [0.05, 0.1) is 28.6 Å². The fourth-order valence-corrected chi connectivity index (χ4v) is 6.91. The molecule has 0 spiro atoms. The number of benzene rings is 3. The summed E-state index contributed by atoms with van der Waals surface area (Å²) in [6.45, 7) is 3.78. The van der Waals surface area contributed by atoms with Crippen molar-refractivity contribution in [1.29, 1.82) is 0 Å². The highest BCUT2D eigenvalue weighted by Gasteiger charge is 2.42. The monoisotopic (exact) mass is 654 g/mol. The van der Waals surface area contributed by atoms with Gasteiger partial charge in [-0.25, -0.2) is 22.0 Å². The Hall–Kier alpha value is -2.74. The molecule has 1 heterocycles. The van der Waals surface area contributed by atoms with E-state index in [1.807, 2.05) is 0 Å². The predicted molar refractivity (Wildman–Crippen MR) is 147 cm³/mol. The Bertz CT molecular complexity index is 1370. The first kappa shape index (κ1) is 32.2. The summed E-state index contributed by atoms with van der Waals surface area (Å²) in [5, 5.41) is -0.149. The van der Waals surface area contributed by atoms with Crippen molar-refractivity contribution in [2.24, 2.45) is 0 Å². The van der Waals surface area contributed by atoms with Crippen molar-refractivity contribution < 1.29 is 49.7 Å². The number of ether oxygens (including phenoxy) is 4. The number of halogens is 8. The van der Waals surface area contributed by atoms with Crippen LogP contribution in [0.3, 0.4) is 0 Å². The molecular weight excluding hydrogens is 633 g/mol. The minimum atomic E-state index is -4.41. The molecule has 1 saturated heterocycles. The SMILES string of the molecule is C=COCCOC1CSC(c2cc(F)c(C(F)(F)Oc3ccc(COc4cc(F)c(F)c(F)c4)c(Cl)c3)c(F)c2)SC1. The first-order valence-electron chi connectivity index (χ1n) is 12.2. The average molecular weight is 655 g/mol. The van der Waals surface area contributed by atoms with Gasteiger partial charge in [0.1, 0.15) is 41.9 Å². The van der Waals surface area contributed by atoms with Crippen LogP contribution in [0.2, 0.25) is 5.02 Å². The van der Waals surface area contributed by atoms with Crippen LogP contribution in [0, 0.1) is 29.1 Å². The Morgan fingerprint density at radius 1 is 0.881 bits per heavy atom. The fraction of sp³-hybridized carbons (Fsp3) is 0.286. The summed E-state index contributed by atoms with van der Waals surface area (Å²) in [6.07, 6.45) is -3.20. The van der Waals surface area contributed by atoms with E-state index in [1.165, 1.54) is 35.9 Å². The van der Waals surface area contributed by atoms with Gasteiger partial charge in [0.2, 0.25) is 0 Å². The molecule has 0 atom stereocenters. The normalized spacial score (nSPS) is 17.1. The van der Waals surface area contributed by atoms with Crippen molar-refractivity contribution >= 4 is 35.1 Å². The summed E-state index contributed by atoms with van der Waals surface area (Å²) in [5.41, 5.74) is -1.18. The molecule has 14 heteroatoms. The zero-order valence-electron chi connectivity index (χ0n) is 21.5. The molecule has 4 rings (SSSR count). The van der Waals surface area contributed by atoms with Gasteiger partial charge in [-0.05, 0) is 29.8 Å². The lowest BCUT2D eigenvalue weighted by molar-refractivity contribution is -0.189. The first-order valence-corrected chi connectivity index (χ1v) is 14.7. The van der Waals surface area contributed by atoms with Gasteiger partial charge < -0.3 is 18.9 Å². The predicted octanol–water partition coefficient (Wildman–Crippen LogP) is 8.77. The third-order valence-electron chi connectivity index (χ3n) is 5.79. The van der Waals surface area contributed by atoms with Gasteiger partial charge in [-0.3, -0.25) is 0 Å². The molecule has 226 valence electrons. The molecular formula is C28H22ClF7O4S2. The Morgan fingerprint density at radius 3 is 2.12 bits per heavy atom. The number of thioether (sulfide) groups is 2. The summed E-state index contributed by atoms with van der Waals surface area (Å²) in [6, 6.07) is 6.17. The zero-order chi connectivity index (χ0) is 30.4. The van der Waals surface area contributed by atoms with Crippen LogP contribution in [0.25, 0.3) is 0 Å². The molecule has 0 aromatic heterocycles. The van der Waals surface area contributed by atoms with E-state index in [0.717, 1.165) is 24.3 Å². The summed E-state index contributed by atoms with van der Waals surface area (Å²) in [5.74, 6) is -7.33. The van der Waals surface area contributed by atoms with Crippen LogP contribution in [-0.4, -0.2) is 30.8 Å². The van der Waals surface area contributed by atoms with Gasteiger partial charge in [0, 0.05) is 29.2 Å². The quantitative estimate of drug-likeness (QED) is 0.0841. The Kier molecular flexibility index (Phi) is 10.8. The molecule has 42 heavy (non-hydrogen) atoms. The molecule has 0 saturated carbocycles. The summed E-state index contributed by atoms with van der Waals surface area (Å²) >= 11 is 8.85. The van der Waals surface area contributed by atoms with Crippen LogP contribution in [0.4, 0.5) is 30.7 Å². The summed E-state index contributed by atoms with van der Waals surface area (Å²) < 4.78 is 120. The largest absolute Gasteiger partial charge is 0.499 e. The van der Waals surface area contributed by atoms with E-state index < -0.39 is 51.1 Å². The lowest BCUT2D eigenvalue weighted by Gasteiger charge is -2.28. The second-order valence-electron chi connectivity index (χ2n) is 8.75. The summed E-state index contributed by atoms with van der Waals surface area (Å²) in [7, 11) is 0. The molecule has 0 N–H and O–H groups in total. The maximum absolute atomic E-state index is 15.0.